The van der Waals surface area contributed by atoms with E-state index in [1.165, 1.54) is 4.31 Å². The molecule has 0 unspecified atom stereocenters. The van der Waals surface area contributed by atoms with Crippen molar-refractivity contribution < 1.29 is 17.6 Å². The van der Waals surface area contributed by atoms with Gasteiger partial charge in [-0.1, -0.05) is 26.7 Å². The SMILES string of the molecule is CCC(CC)CS(=O)(=O)N1CCO[C@@H](c2nnc(C)o2)C1. The van der Waals surface area contributed by atoms with Crippen molar-refractivity contribution in [3.63, 3.8) is 0 Å². The first-order valence-corrected chi connectivity index (χ1v) is 8.96. The third-order valence-corrected chi connectivity index (χ3v) is 5.85. The smallest absolute Gasteiger partial charge is 0.246 e. The van der Waals surface area contributed by atoms with Crippen molar-refractivity contribution in [1.29, 1.82) is 0 Å². The molecule has 1 aromatic rings. The van der Waals surface area contributed by atoms with Crippen molar-refractivity contribution in [2.45, 2.75) is 39.7 Å². The van der Waals surface area contributed by atoms with Gasteiger partial charge in [0.1, 0.15) is 6.10 Å². The molecular weight excluding hydrogens is 294 g/mol. The van der Waals surface area contributed by atoms with Crippen LogP contribution in [0.2, 0.25) is 0 Å². The van der Waals surface area contributed by atoms with Crippen LogP contribution >= 0.6 is 0 Å². The summed E-state index contributed by atoms with van der Waals surface area (Å²) < 4.78 is 37.4. The maximum atomic E-state index is 12.5. The highest BCUT2D eigenvalue weighted by Gasteiger charge is 2.33. The molecule has 0 spiro atoms. The molecule has 1 aliphatic heterocycles. The van der Waals surface area contributed by atoms with Gasteiger partial charge >= 0.3 is 0 Å². The number of aromatic nitrogens is 2. The summed E-state index contributed by atoms with van der Waals surface area (Å²) in [5.41, 5.74) is 0. The van der Waals surface area contributed by atoms with Crippen LogP contribution in [0.4, 0.5) is 0 Å². The van der Waals surface area contributed by atoms with Gasteiger partial charge in [-0.05, 0) is 5.92 Å². The van der Waals surface area contributed by atoms with Crippen LogP contribution in [0, 0.1) is 12.8 Å². The molecule has 0 radical (unpaired) electrons. The van der Waals surface area contributed by atoms with Crippen LogP contribution in [0.5, 0.6) is 0 Å². The summed E-state index contributed by atoms with van der Waals surface area (Å²) in [6.07, 6.45) is 1.26. The van der Waals surface area contributed by atoms with E-state index in [0.29, 0.717) is 24.9 Å². The fourth-order valence-corrected chi connectivity index (χ4v) is 4.39. The highest BCUT2D eigenvalue weighted by molar-refractivity contribution is 7.89. The zero-order valence-electron chi connectivity index (χ0n) is 12.8. The second-order valence-corrected chi connectivity index (χ2v) is 7.35. The Bertz CT molecular complexity index is 554. The van der Waals surface area contributed by atoms with Gasteiger partial charge in [0.15, 0.2) is 0 Å². The van der Waals surface area contributed by atoms with Crippen LogP contribution in [0.3, 0.4) is 0 Å². The lowest BCUT2D eigenvalue weighted by molar-refractivity contribution is -0.0177. The Labute approximate surface area is 125 Å². The van der Waals surface area contributed by atoms with Gasteiger partial charge in [-0.15, -0.1) is 10.2 Å². The van der Waals surface area contributed by atoms with Crippen molar-refractivity contribution in [3.05, 3.63) is 11.8 Å². The monoisotopic (exact) mass is 317 g/mol. The minimum atomic E-state index is -3.28. The summed E-state index contributed by atoms with van der Waals surface area (Å²) in [7, 11) is -3.28. The van der Waals surface area contributed by atoms with Gasteiger partial charge in [0, 0.05) is 20.0 Å². The number of hydrogen-bond acceptors (Lipinski definition) is 6. The average Bonchev–Trinajstić information content (AvgIpc) is 2.91. The lowest BCUT2D eigenvalue weighted by Crippen LogP contribution is -2.44. The summed E-state index contributed by atoms with van der Waals surface area (Å²) in [4.78, 5) is 0. The van der Waals surface area contributed by atoms with Crippen molar-refractivity contribution in [1.82, 2.24) is 14.5 Å². The maximum absolute atomic E-state index is 12.5. The first-order valence-electron chi connectivity index (χ1n) is 7.35. The fourth-order valence-electron chi connectivity index (χ4n) is 2.40. The Kier molecular flexibility index (Phi) is 5.34. The number of ether oxygens (including phenoxy) is 1. The lowest BCUT2D eigenvalue weighted by atomic mass is 10.1. The highest BCUT2D eigenvalue weighted by Crippen LogP contribution is 2.24. The van der Waals surface area contributed by atoms with Gasteiger partial charge in [0.05, 0.1) is 12.4 Å². The standard InChI is InChI=1S/C13H23N3O4S/c1-4-11(5-2)9-21(17,18)16-6-7-19-12(8-16)13-15-14-10(3)20-13/h11-12H,4-9H2,1-3H3/t12-/m1/s1. The molecule has 1 aromatic heterocycles. The molecule has 1 fully saturated rings. The molecule has 120 valence electrons. The molecule has 0 aliphatic carbocycles. The summed E-state index contributed by atoms with van der Waals surface area (Å²) >= 11 is 0. The molecule has 2 rings (SSSR count). The van der Waals surface area contributed by atoms with Crippen molar-refractivity contribution in [3.8, 4) is 0 Å². The molecule has 1 atom stereocenters. The van der Waals surface area contributed by atoms with E-state index in [2.05, 4.69) is 10.2 Å². The molecule has 1 saturated heterocycles. The van der Waals surface area contributed by atoms with E-state index in [1.807, 2.05) is 13.8 Å². The molecule has 0 amide bonds. The Balaban J connectivity index is 2.06. The van der Waals surface area contributed by atoms with Crippen LogP contribution in [0.1, 0.15) is 44.6 Å². The molecule has 0 N–H and O–H groups in total. The van der Waals surface area contributed by atoms with Crippen LogP contribution in [0.25, 0.3) is 0 Å². The largest absolute Gasteiger partial charge is 0.423 e. The zero-order chi connectivity index (χ0) is 15.5. The molecule has 2 heterocycles. The van der Waals surface area contributed by atoms with E-state index in [4.69, 9.17) is 9.15 Å². The lowest BCUT2D eigenvalue weighted by Gasteiger charge is -2.31. The van der Waals surface area contributed by atoms with E-state index < -0.39 is 16.1 Å². The van der Waals surface area contributed by atoms with Gasteiger partial charge in [-0.25, -0.2) is 8.42 Å². The minimum Gasteiger partial charge on any atom is -0.423 e. The second kappa shape index (κ2) is 6.85. The predicted octanol–water partition coefficient (Wildman–Crippen LogP) is 1.52. The number of nitrogens with zero attached hydrogens (tertiary/aromatic N) is 3. The third kappa shape index (κ3) is 4.02. The third-order valence-electron chi connectivity index (χ3n) is 3.84. The number of morpholine rings is 1. The number of hydrogen-bond donors (Lipinski definition) is 0. The number of aryl methyl sites for hydroxylation is 1. The molecule has 0 saturated carbocycles. The maximum Gasteiger partial charge on any atom is 0.246 e. The molecule has 21 heavy (non-hydrogen) atoms. The van der Waals surface area contributed by atoms with Crippen molar-refractivity contribution >= 4 is 10.0 Å². The van der Waals surface area contributed by atoms with E-state index in [-0.39, 0.29) is 18.2 Å². The van der Waals surface area contributed by atoms with E-state index in [0.717, 1.165) is 12.8 Å². The zero-order valence-corrected chi connectivity index (χ0v) is 13.6. The van der Waals surface area contributed by atoms with Crippen molar-refractivity contribution in [2.75, 3.05) is 25.4 Å². The second-order valence-electron chi connectivity index (χ2n) is 5.34. The fraction of sp³-hybridized carbons (Fsp3) is 0.846. The Morgan fingerprint density at radius 3 is 2.62 bits per heavy atom. The summed E-state index contributed by atoms with van der Waals surface area (Å²) in [6.45, 7) is 6.70. The van der Waals surface area contributed by atoms with Gasteiger partial charge in [0.25, 0.3) is 0 Å². The average molecular weight is 317 g/mol. The first-order chi connectivity index (χ1) is 9.96. The first kappa shape index (κ1) is 16.4. The summed E-state index contributed by atoms with van der Waals surface area (Å²) in [5, 5.41) is 7.68. The van der Waals surface area contributed by atoms with E-state index in [9.17, 15) is 8.42 Å². The molecular formula is C13H23N3O4S. The van der Waals surface area contributed by atoms with E-state index in [1.54, 1.807) is 6.92 Å². The molecule has 8 heteroatoms. The number of sulfonamides is 1. The van der Waals surface area contributed by atoms with Crippen molar-refractivity contribution in [2.24, 2.45) is 5.92 Å². The Morgan fingerprint density at radius 2 is 2.05 bits per heavy atom. The van der Waals surface area contributed by atoms with Gasteiger partial charge < -0.3 is 9.15 Å². The van der Waals surface area contributed by atoms with Gasteiger partial charge in [-0.2, -0.15) is 4.31 Å². The minimum absolute atomic E-state index is 0.190. The van der Waals surface area contributed by atoms with Crippen LogP contribution in [0.15, 0.2) is 4.42 Å². The number of rotatable bonds is 6. The summed E-state index contributed by atoms with van der Waals surface area (Å²) in [6, 6.07) is 0. The Morgan fingerprint density at radius 1 is 1.33 bits per heavy atom. The molecule has 7 nitrogen and oxygen atoms in total. The summed E-state index contributed by atoms with van der Waals surface area (Å²) in [5.74, 6) is 1.18. The van der Waals surface area contributed by atoms with Crippen LogP contribution in [-0.2, 0) is 14.8 Å². The Hall–Kier alpha value is -0.990. The molecule has 0 bridgehead atoms. The molecule has 0 aromatic carbocycles. The molecule has 1 aliphatic rings. The van der Waals surface area contributed by atoms with E-state index >= 15 is 0 Å². The van der Waals surface area contributed by atoms with Crippen LogP contribution in [-0.4, -0.2) is 48.4 Å². The van der Waals surface area contributed by atoms with Gasteiger partial charge in [0.2, 0.25) is 21.8 Å². The van der Waals surface area contributed by atoms with Gasteiger partial charge in [-0.3, -0.25) is 0 Å². The topological polar surface area (TPSA) is 85.5 Å². The quantitative estimate of drug-likeness (QED) is 0.790. The normalized spacial score (nSPS) is 21.0. The highest BCUT2D eigenvalue weighted by atomic mass is 32.2. The van der Waals surface area contributed by atoms with Crippen LogP contribution < -0.4 is 0 Å². The predicted molar refractivity (Wildman–Crippen MR) is 77.2 cm³/mol.